The van der Waals surface area contributed by atoms with Gasteiger partial charge in [-0.25, -0.2) is 14.4 Å². The van der Waals surface area contributed by atoms with Crippen molar-refractivity contribution >= 4 is 5.95 Å². The number of hydrogen-bond acceptors (Lipinski definition) is 4. The number of nitrogens with zero attached hydrogens (tertiary/aromatic N) is 3. The zero-order valence-electron chi connectivity index (χ0n) is 8.89. The van der Waals surface area contributed by atoms with Crippen molar-refractivity contribution in [3.05, 3.63) is 53.6 Å². The molecule has 0 bridgehead atoms. The Kier molecular flexibility index (Phi) is 3.26. The van der Waals surface area contributed by atoms with Crippen molar-refractivity contribution in [1.29, 1.82) is 5.26 Å². The summed E-state index contributed by atoms with van der Waals surface area (Å²) in [5.74, 6) is 0.0312. The Hall–Kier alpha value is -2.48. The fraction of sp³-hybridized carbons (Fsp3) is 0.0833. The first kappa shape index (κ1) is 11.0. The molecule has 17 heavy (non-hydrogen) atoms. The highest BCUT2D eigenvalue weighted by molar-refractivity contribution is 5.34. The van der Waals surface area contributed by atoms with Gasteiger partial charge in [0.15, 0.2) is 0 Å². The molecule has 0 aliphatic heterocycles. The average molecular weight is 228 g/mol. The maximum absolute atomic E-state index is 13.5. The summed E-state index contributed by atoms with van der Waals surface area (Å²) in [4.78, 5) is 7.92. The van der Waals surface area contributed by atoms with E-state index in [1.807, 2.05) is 6.07 Å². The van der Waals surface area contributed by atoms with Crippen molar-refractivity contribution < 1.29 is 4.39 Å². The Morgan fingerprint density at radius 3 is 2.71 bits per heavy atom. The highest BCUT2D eigenvalue weighted by Gasteiger charge is 2.03. The number of aromatic nitrogens is 2. The lowest BCUT2D eigenvalue weighted by atomic mass is 10.1. The molecule has 0 radical (unpaired) electrons. The second-order valence-electron chi connectivity index (χ2n) is 3.34. The second-order valence-corrected chi connectivity index (χ2v) is 3.34. The van der Waals surface area contributed by atoms with E-state index in [2.05, 4.69) is 15.3 Å². The van der Waals surface area contributed by atoms with Gasteiger partial charge in [-0.2, -0.15) is 5.26 Å². The van der Waals surface area contributed by atoms with E-state index in [9.17, 15) is 4.39 Å². The van der Waals surface area contributed by atoms with E-state index in [1.165, 1.54) is 6.07 Å². The van der Waals surface area contributed by atoms with Gasteiger partial charge in [0.25, 0.3) is 0 Å². The van der Waals surface area contributed by atoms with Crippen molar-refractivity contribution in [3.8, 4) is 6.07 Å². The zero-order valence-corrected chi connectivity index (χ0v) is 8.89. The largest absolute Gasteiger partial charge is 0.350 e. The third-order valence-electron chi connectivity index (χ3n) is 2.18. The first-order valence-corrected chi connectivity index (χ1v) is 4.99. The first-order chi connectivity index (χ1) is 8.29. The quantitative estimate of drug-likeness (QED) is 0.873. The molecule has 0 aliphatic rings. The fourth-order valence-corrected chi connectivity index (χ4v) is 1.32. The van der Waals surface area contributed by atoms with E-state index in [1.54, 1.807) is 30.6 Å². The molecule has 0 spiro atoms. The molecule has 2 aromatic rings. The van der Waals surface area contributed by atoms with E-state index in [4.69, 9.17) is 5.26 Å². The van der Waals surface area contributed by atoms with Gasteiger partial charge < -0.3 is 5.32 Å². The lowest BCUT2D eigenvalue weighted by Crippen LogP contribution is -2.04. The van der Waals surface area contributed by atoms with Crippen LogP contribution in [-0.2, 0) is 6.54 Å². The molecule has 0 atom stereocenters. The maximum atomic E-state index is 13.5. The van der Waals surface area contributed by atoms with Crippen LogP contribution in [0.3, 0.4) is 0 Å². The van der Waals surface area contributed by atoms with Crippen molar-refractivity contribution in [2.24, 2.45) is 0 Å². The van der Waals surface area contributed by atoms with Gasteiger partial charge in [0.2, 0.25) is 5.95 Å². The standard InChI is InChI=1S/C12H9FN4/c13-11-6-9(7-14)2-3-10(11)8-17-12-15-4-1-5-16-12/h1-6H,8H2,(H,15,16,17). The normalized spacial score (nSPS) is 9.65. The van der Waals surface area contributed by atoms with Crippen LogP contribution in [0.4, 0.5) is 10.3 Å². The molecule has 1 aromatic carbocycles. The third kappa shape index (κ3) is 2.75. The number of rotatable bonds is 3. The fourth-order valence-electron chi connectivity index (χ4n) is 1.32. The van der Waals surface area contributed by atoms with Crippen LogP contribution in [-0.4, -0.2) is 9.97 Å². The Labute approximate surface area is 97.8 Å². The molecule has 0 amide bonds. The Morgan fingerprint density at radius 1 is 1.29 bits per heavy atom. The molecule has 0 saturated carbocycles. The third-order valence-corrected chi connectivity index (χ3v) is 2.18. The van der Waals surface area contributed by atoms with Crippen molar-refractivity contribution in [1.82, 2.24) is 9.97 Å². The van der Waals surface area contributed by atoms with Crippen molar-refractivity contribution in [3.63, 3.8) is 0 Å². The summed E-state index contributed by atoms with van der Waals surface area (Å²) in [5, 5.41) is 11.5. The molecule has 0 fully saturated rings. The van der Waals surface area contributed by atoms with Crippen LogP contribution in [0.1, 0.15) is 11.1 Å². The topological polar surface area (TPSA) is 61.6 Å². The van der Waals surface area contributed by atoms with Gasteiger partial charge in [-0.1, -0.05) is 6.07 Å². The minimum absolute atomic E-state index is 0.279. The molecule has 1 N–H and O–H groups in total. The SMILES string of the molecule is N#Cc1ccc(CNc2ncccn2)c(F)c1. The van der Waals surface area contributed by atoms with Gasteiger partial charge in [-0.3, -0.25) is 0 Å². The number of hydrogen-bond donors (Lipinski definition) is 1. The van der Waals surface area contributed by atoms with Gasteiger partial charge in [0.05, 0.1) is 11.6 Å². The monoisotopic (exact) mass is 228 g/mol. The Bertz CT molecular complexity index is 548. The van der Waals surface area contributed by atoms with Gasteiger partial charge >= 0.3 is 0 Å². The van der Waals surface area contributed by atoms with E-state index in [0.29, 0.717) is 17.1 Å². The zero-order chi connectivity index (χ0) is 12.1. The molecule has 0 saturated heterocycles. The molecular formula is C12H9FN4. The lowest BCUT2D eigenvalue weighted by Gasteiger charge is -2.05. The number of nitriles is 1. The highest BCUT2D eigenvalue weighted by atomic mass is 19.1. The molecule has 0 unspecified atom stereocenters. The van der Waals surface area contributed by atoms with Gasteiger partial charge in [-0.15, -0.1) is 0 Å². The maximum Gasteiger partial charge on any atom is 0.222 e. The molecule has 2 rings (SSSR count). The summed E-state index contributed by atoms with van der Waals surface area (Å²) in [6.45, 7) is 0.279. The van der Waals surface area contributed by atoms with E-state index in [-0.39, 0.29) is 6.54 Å². The lowest BCUT2D eigenvalue weighted by molar-refractivity contribution is 0.612. The van der Waals surface area contributed by atoms with Crippen LogP contribution in [0.15, 0.2) is 36.7 Å². The van der Waals surface area contributed by atoms with Crippen LogP contribution in [0.25, 0.3) is 0 Å². The summed E-state index contributed by atoms with van der Waals surface area (Å²) < 4.78 is 13.5. The van der Waals surface area contributed by atoms with Crippen LogP contribution >= 0.6 is 0 Å². The molecule has 1 aromatic heterocycles. The van der Waals surface area contributed by atoms with Gasteiger partial charge in [-0.05, 0) is 18.2 Å². The molecule has 84 valence electrons. The minimum Gasteiger partial charge on any atom is -0.350 e. The van der Waals surface area contributed by atoms with Crippen molar-refractivity contribution in [2.45, 2.75) is 6.54 Å². The van der Waals surface area contributed by atoms with E-state index in [0.717, 1.165) is 0 Å². The second kappa shape index (κ2) is 5.03. The smallest absolute Gasteiger partial charge is 0.222 e. The van der Waals surface area contributed by atoms with Crippen LogP contribution in [0.2, 0.25) is 0 Å². The summed E-state index contributed by atoms with van der Waals surface area (Å²) in [5.41, 5.74) is 0.777. The summed E-state index contributed by atoms with van der Waals surface area (Å²) >= 11 is 0. The number of benzene rings is 1. The first-order valence-electron chi connectivity index (χ1n) is 4.99. The molecule has 1 heterocycles. The van der Waals surface area contributed by atoms with E-state index < -0.39 is 5.82 Å². The molecule has 4 nitrogen and oxygen atoms in total. The predicted octanol–water partition coefficient (Wildman–Crippen LogP) is 2.10. The van der Waals surface area contributed by atoms with Crippen molar-refractivity contribution in [2.75, 3.05) is 5.32 Å². The Morgan fingerprint density at radius 2 is 2.06 bits per heavy atom. The average Bonchev–Trinajstić information content (AvgIpc) is 2.38. The Balaban J connectivity index is 2.08. The van der Waals surface area contributed by atoms with Crippen LogP contribution in [0.5, 0.6) is 0 Å². The summed E-state index contributed by atoms with van der Waals surface area (Å²) in [7, 11) is 0. The summed E-state index contributed by atoms with van der Waals surface area (Å²) in [6.07, 6.45) is 3.20. The van der Waals surface area contributed by atoms with Crippen LogP contribution < -0.4 is 5.32 Å². The highest BCUT2D eigenvalue weighted by Crippen LogP contribution is 2.11. The van der Waals surface area contributed by atoms with Crippen LogP contribution in [0, 0.1) is 17.1 Å². The number of nitrogens with one attached hydrogen (secondary N) is 1. The predicted molar refractivity (Wildman–Crippen MR) is 60.5 cm³/mol. The van der Waals surface area contributed by atoms with Gasteiger partial charge in [0, 0.05) is 24.5 Å². The number of halogens is 1. The molecule has 0 aliphatic carbocycles. The molecule has 5 heteroatoms. The minimum atomic E-state index is -0.410. The van der Waals surface area contributed by atoms with E-state index >= 15 is 0 Å². The molecular weight excluding hydrogens is 219 g/mol. The number of anilines is 1. The summed E-state index contributed by atoms with van der Waals surface area (Å²) in [6, 6.07) is 7.95. The van der Waals surface area contributed by atoms with Gasteiger partial charge in [0.1, 0.15) is 5.82 Å².